The quantitative estimate of drug-likeness (QED) is 0.564. The number of hydrogen-bond donors (Lipinski definition) is 1. The van der Waals surface area contributed by atoms with Gasteiger partial charge in [0.1, 0.15) is 4.88 Å². The molecule has 0 amide bonds. The van der Waals surface area contributed by atoms with E-state index in [1.807, 2.05) is 17.5 Å². The average molecular weight is 414 g/mol. The summed E-state index contributed by atoms with van der Waals surface area (Å²) in [4.78, 5) is 18.5. The van der Waals surface area contributed by atoms with Gasteiger partial charge in [-0.05, 0) is 30.0 Å². The Bertz CT molecular complexity index is 976. The van der Waals surface area contributed by atoms with Gasteiger partial charge in [-0.25, -0.2) is 17.9 Å². The number of ether oxygens (including phenoxy) is 1. The third-order valence-corrected chi connectivity index (χ3v) is 5.85. The number of carbonyl (C=O) groups is 1. The molecule has 11 heteroatoms. The van der Waals surface area contributed by atoms with Gasteiger partial charge in [0, 0.05) is 11.4 Å². The minimum atomic E-state index is -3.22. The van der Waals surface area contributed by atoms with Gasteiger partial charge < -0.3 is 9.26 Å². The Morgan fingerprint density at radius 2 is 2.19 bits per heavy atom. The van der Waals surface area contributed by atoms with Crippen LogP contribution in [0.5, 0.6) is 0 Å². The molecule has 3 aromatic rings. The molecule has 0 bridgehead atoms. The first kappa shape index (κ1) is 18.7. The van der Waals surface area contributed by atoms with E-state index in [2.05, 4.69) is 14.9 Å². The van der Waals surface area contributed by atoms with Crippen molar-refractivity contribution in [3.8, 4) is 10.7 Å². The highest BCUT2D eigenvalue weighted by Gasteiger charge is 2.15. The van der Waals surface area contributed by atoms with Crippen molar-refractivity contribution in [1.29, 1.82) is 0 Å². The number of thiophene rings is 2. The van der Waals surface area contributed by atoms with Crippen LogP contribution in [0.15, 0.2) is 34.2 Å². The highest BCUT2D eigenvalue weighted by Crippen LogP contribution is 2.22. The summed E-state index contributed by atoms with van der Waals surface area (Å²) in [6, 6.07) is 7.17. The Hall–Kier alpha value is -2.08. The Balaban J connectivity index is 1.51. The first-order valence-corrected chi connectivity index (χ1v) is 11.1. The molecule has 0 saturated carbocycles. The lowest BCUT2D eigenvalue weighted by atomic mass is 10.3. The van der Waals surface area contributed by atoms with Crippen LogP contribution in [0.25, 0.3) is 10.7 Å². The van der Waals surface area contributed by atoms with Gasteiger partial charge in [-0.15, -0.1) is 22.7 Å². The number of rotatable bonds is 8. The van der Waals surface area contributed by atoms with E-state index in [1.165, 1.54) is 22.7 Å². The van der Waals surface area contributed by atoms with Crippen molar-refractivity contribution in [2.75, 3.05) is 12.8 Å². The van der Waals surface area contributed by atoms with E-state index in [4.69, 9.17) is 9.26 Å². The molecule has 3 heterocycles. The van der Waals surface area contributed by atoms with Crippen LogP contribution in [0.1, 0.15) is 20.4 Å². The summed E-state index contributed by atoms with van der Waals surface area (Å²) in [5.41, 5.74) is 0. The zero-order valence-corrected chi connectivity index (χ0v) is 16.1. The van der Waals surface area contributed by atoms with E-state index < -0.39 is 16.0 Å². The number of aromatic nitrogens is 2. The van der Waals surface area contributed by atoms with Gasteiger partial charge in [-0.2, -0.15) is 4.98 Å². The lowest BCUT2D eigenvalue weighted by Crippen LogP contribution is -2.23. The van der Waals surface area contributed by atoms with Crippen molar-refractivity contribution in [3.63, 3.8) is 0 Å². The molecule has 0 spiro atoms. The summed E-state index contributed by atoms with van der Waals surface area (Å²) in [6.45, 7) is 0.168. The molecule has 138 valence electrons. The van der Waals surface area contributed by atoms with E-state index in [0.717, 1.165) is 16.0 Å². The summed E-state index contributed by atoms with van der Waals surface area (Å²) in [5.74, 6) is 0.187. The van der Waals surface area contributed by atoms with E-state index in [1.54, 1.807) is 12.1 Å². The molecule has 3 rings (SSSR count). The SMILES string of the molecule is CS(=O)(=O)NCCc1ccc(C(=O)OCc2nc(-c3cccs3)no2)s1. The summed E-state index contributed by atoms with van der Waals surface area (Å²) in [5, 5.41) is 5.75. The monoisotopic (exact) mass is 413 g/mol. The van der Waals surface area contributed by atoms with Crippen LogP contribution in [-0.2, 0) is 27.8 Å². The molecule has 0 aliphatic rings. The number of nitrogens with zero attached hydrogens (tertiary/aromatic N) is 2. The fourth-order valence-electron chi connectivity index (χ4n) is 2.00. The molecular weight excluding hydrogens is 398 g/mol. The number of nitrogens with one attached hydrogen (secondary N) is 1. The van der Waals surface area contributed by atoms with Gasteiger partial charge in [-0.1, -0.05) is 11.2 Å². The molecule has 26 heavy (non-hydrogen) atoms. The third kappa shape index (κ3) is 5.21. The minimum Gasteiger partial charge on any atom is -0.451 e. The van der Waals surface area contributed by atoms with Crippen molar-refractivity contribution in [2.45, 2.75) is 13.0 Å². The number of carbonyl (C=O) groups excluding carboxylic acids is 1. The van der Waals surface area contributed by atoms with Crippen LogP contribution in [-0.4, -0.2) is 37.3 Å². The number of esters is 1. The molecule has 0 atom stereocenters. The topological polar surface area (TPSA) is 111 Å². The summed E-state index contributed by atoms with van der Waals surface area (Å²) >= 11 is 2.74. The molecule has 1 N–H and O–H groups in total. The van der Waals surface area contributed by atoms with Crippen molar-refractivity contribution in [1.82, 2.24) is 14.9 Å². The Labute approximate surface area is 157 Å². The number of sulfonamides is 1. The molecule has 0 fully saturated rings. The lowest BCUT2D eigenvalue weighted by Gasteiger charge is -2.00. The minimum absolute atomic E-state index is 0.111. The fraction of sp³-hybridized carbons (Fsp3) is 0.267. The molecule has 0 aromatic carbocycles. The van der Waals surface area contributed by atoms with Crippen LogP contribution in [0.3, 0.4) is 0 Å². The molecular formula is C15H15N3O5S3. The van der Waals surface area contributed by atoms with Gasteiger partial charge in [-0.3, -0.25) is 0 Å². The fourth-order valence-corrected chi connectivity index (χ4v) is 4.02. The lowest BCUT2D eigenvalue weighted by molar-refractivity contribution is 0.0435. The van der Waals surface area contributed by atoms with E-state index >= 15 is 0 Å². The molecule has 8 nitrogen and oxygen atoms in total. The van der Waals surface area contributed by atoms with Gasteiger partial charge in [0.25, 0.3) is 5.89 Å². The van der Waals surface area contributed by atoms with Crippen LogP contribution < -0.4 is 4.72 Å². The smallest absolute Gasteiger partial charge is 0.348 e. The standard InChI is InChI=1S/C15H15N3O5S3/c1-26(20,21)16-7-6-10-4-5-12(25-10)15(19)22-9-13-17-14(18-23-13)11-3-2-8-24-11/h2-5,8,16H,6-7,9H2,1H3. The van der Waals surface area contributed by atoms with Crippen molar-refractivity contribution < 1.29 is 22.5 Å². The predicted molar refractivity (Wildman–Crippen MR) is 97.6 cm³/mol. The second-order valence-corrected chi connectivity index (χ2v) is 9.20. The summed E-state index contributed by atoms with van der Waals surface area (Å²) in [6.07, 6.45) is 1.60. The van der Waals surface area contributed by atoms with Gasteiger partial charge in [0.05, 0.1) is 11.1 Å². The number of hydrogen-bond acceptors (Lipinski definition) is 9. The molecule has 0 radical (unpaired) electrons. The largest absolute Gasteiger partial charge is 0.451 e. The average Bonchev–Trinajstić information content (AvgIpc) is 3.31. The van der Waals surface area contributed by atoms with Gasteiger partial charge in [0.2, 0.25) is 15.8 Å². The van der Waals surface area contributed by atoms with Crippen molar-refractivity contribution >= 4 is 38.7 Å². The highest BCUT2D eigenvalue weighted by molar-refractivity contribution is 7.88. The normalized spacial score (nSPS) is 11.6. The first-order valence-electron chi connectivity index (χ1n) is 7.47. The van der Waals surface area contributed by atoms with Crippen molar-refractivity contribution in [2.24, 2.45) is 0 Å². The highest BCUT2D eigenvalue weighted by atomic mass is 32.2. The van der Waals surface area contributed by atoms with E-state index in [-0.39, 0.29) is 19.0 Å². The van der Waals surface area contributed by atoms with Crippen LogP contribution in [0.2, 0.25) is 0 Å². The molecule has 0 unspecified atom stereocenters. The third-order valence-electron chi connectivity index (χ3n) is 3.13. The summed E-state index contributed by atoms with van der Waals surface area (Å²) in [7, 11) is -3.22. The van der Waals surface area contributed by atoms with Gasteiger partial charge in [0.15, 0.2) is 6.61 Å². The Morgan fingerprint density at radius 3 is 2.92 bits per heavy atom. The molecule has 3 aromatic heterocycles. The van der Waals surface area contributed by atoms with Crippen LogP contribution >= 0.6 is 22.7 Å². The summed E-state index contributed by atoms with van der Waals surface area (Å²) < 4.78 is 34.7. The molecule has 0 aliphatic heterocycles. The Kier molecular flexibility index (Phi) is 5.81. The predicted octanol–water partition coefficient (Wildman–Crippen LogP) is 2.31. The maximum Gasteiger partial charge on any atom is 0.348 e. The van der Waals surface area contributed by atoms with Crippen LogP contribution in [0.4, 0.5) is 0 Å². The maximum atomic E-state index is 12.1. The van der Waals surface area contributed by atoms with Crippen LogP contribution in [0, 0.1) is 0 Å². The zero-order chi connectivity index (χ0) is 18.6. The zero-order valence-electron chi connectivity index (χ0n) is 13.7. The van der Waals surface area contributed by atoms with E-state index in [0.29, 0.717) is 17.1 Å². The molecule has 0 aliphatic carbocycles. The van der Waals surface area contributed by atoms with E-state index in [9.17, 15) is 13.2 Å². The second kappa shape index (κ2) is 8.08. The van der Waals surface area contributed by atoms with Gasteiger partial charge >= 0.3 is 5.97 Å². The maximum absolute atomic E-state index is 12.1. The Morgan fingerprint density at radius 1 is 1.35 bits per heavy atom. The first-order chi connectivity index (χ1) is 12.4. The molecule has 0 saturated heterocycles. The second-order valence-electron chi connectivity index (χ2n) is 5.25. The van der Waals surface area contributed by atoms with Crippen molar-refractivity contribution in [3.05, 3.63) is 45.3 Å².